The number of nitrogens with zero attached hydrogens (tertiary/aromatic N) is 4. The maximum Gasteiger partial charge on any atom is 0.233 e. The van der Waals surface area contributed by atoms with Crippen LogP contribution < -0.4 is 10.6 Å². The summed E-state index contributed by atoms with van der Waals surface area (Å²) in [6.07, 6.45) is 9.65. The van der Waals surface area contributed by atoms with Crippen LogP contribution in [-0.4, -0.2) is 52.6 Å². The summed E-state index contributed by atoms with van der Waals surface area (Å²) in [5.41, 5.74) is 2.38. The van der Waals surface area contributed by atoms with Crippen molar-refractivity contribution in [2.75, 3.05) is 20.1 Å². The minimum absolute atomic E-state index is 0. The second-order valence-electron chi connectivity index (χ2n) is 9.01. The van der Waals surface area contributed by atoms with E-state index in [-0.39, 0.29) is 59.5 Å². The molecule has 1 saturated heterocycles. The van der Waals surface area contributed by atoms with Gasteiger partial charge < -0.3 is 10.6 Å². The zero-order valence-electron chi connectivity index (χ0n) is 19.3. The number of nitrogens with one attached hydrogen (secondary N) is 2. The number of likely N-dealkylation sites (tertiary alicyclic amines) is 1. The van der Waals surface area contributed by atoms with Gasteiger partial charge in [0.2, 0.25) is 11.8 Å². The third-order valence-corrected chi connectivity index (χ3v) is 7.09. The number of aromatic nitrogens is 2. The van der Waals surface area contributed by atoms with Crippen LogP contribution in [0.3, 0.4) is 0 Å². The molecule has 2 aliphatic carbocycles. The summed E-state index contributed by atoms with van der Waals surface area (Å²) in [6, 6.07) is 10.2. The molecule has 1 saturated carbocycles. The fourth-order valence-electron chi connectivity index (χ4n) is 5.48. The Bertz CT molecular complexity index is 1050. The molecule has 2 amide bonds. The Morgan fingerprint density at radius 2 is 1.76 bits per heavy atom. The molecule has 1 aliphatic heterocycles. The maximum atomic E-state index is 12.8. The molecule has 5 rings (SSSR count). The number of carbonyl (C=O) groups is 2. The van der Waals surface area contributed by atoms with Gasteiger partial charge in [-0.1, -0.05) is 36.4 Å². The quantitative estimate of drug-likeness (QED) is 0.126. The number of halogens is 1. The zero-order valence-corrected chi connectivity index (χ0v) is 21.6. The molecule has 0 spiro atoms. The van der Waals surface area contributed by atoms with E-state index < -0.39 is 0 Å². The van der Waals surface area contributed by atoms with Gasteiger partial charge in [0.25, 0.3) is 0 Å². The van der Waals surface area contributed by atoms with Crippen molar-refractivity contribution in [1.29, 1.82) is 0 Å². The van der Waals surface area contributed by atoms with Gasteiger partial charge in [0.05, 0.1) is 18.4 Å². The minimum atomic E-state index is -0.114. The molecule has 2 fully saturated rings. The van der Waals surface area contributed by atoms with Gasteiger partial charge in [-0.15, -0.1) is 24.0 Å². The Kier molecular flexibility index (Phi) is 7.70. The van der Waals surface area contributed by atoms with Crippen LogP contribution in [0.2, 0.25) is 0 Å². The number of hydrogen-bond acceptors (Lipinski definition) is 4. The van der Waals surface area contributed by atoms with Crippen LogP contribution in [0, 0.1) is 23.7 Å². The van der Waals surface area contributed by atoms with Crippen LogP contribution >= 0.6 is 24.0 Å². The van der Waals surface area contributed by atoms with Crippen molar-refractivity contribution in [3.05, 3.63) is 66.0 Å². The number of rotatable bonds is 8. The largest absolute Gasteiger partial charge is 0.356 e. The summed E-state index contributed by atoms with van der Waals surface area (Å²) < 4.78 is 1.91. The predicted octanol–water partition coefficient (Wildman–Crippen LogP) is 2.41. The average Bonchev–Trinajstić information content (AvgIpc) is 3.61. The first kappa shape index (κ1) is 24.4. The van der Waals surface area contributed by atoms with Crippen LogP contribution in [0.1, 0.15) is 24.0 Å². The molecule has 0 radical (unpaired) electrons. The third-order valence-electron chi connectivity index (χ3n) is 7.09. The number of fused-ring (bicyclic) bond motifs is 5. The standard InChI is InChI=1S/C25H30N6O2.HI/c1-26-25(28-15-19-6-2-3-7-20(19)16-30-12-5-11-29-30)27-10-4-13-31-23(32)21-17-8-9-18(14-17)22(21)24(31)33;/h2-3,5-9,11-12,17-18,21-22H,4,10,13-16H2,1H3,(H2,26,27,28);1H. The van der Waals surface area contributed by atoms with Crippen molar-refractivity contribution in [2.24, 2.45) is 28.7 Å². The summed E-state index contributed by atoms with van der Waals surface area (Å²) >= 11 is 0. The summed E-state index contributed by atoms with van der Waals surface area (Å²) in [5, 5.41) is 10.9. The highest BCUT2D eigenvalue weighted by Gasteiger charge is 2.58. The molecule has 4 unspecified atom stereocenters. The first-order valence-corrected chi connectivity index (χ1v) is 11.7. The van der Waals surface area contributed by atoms with Crippen LogP contribution in [0.5, 0.6) is 0 Å². The van der Waals surface area contributed by atoms with Gasteiger partial charge in [-0.25, -0.2) is 0 Å². The van der Waals surface area contributed by atoms with Crippen molar-refractivity contribution in [3.8, 4) is 0 Å². The van der Waals surface area contributed by atoms with Gasteiger partial charge in [0.15, 0.2) is 5.96 Å². The first-order valence-electron chi connectivity index (χ1n) is 11.7. The van der Waals surface area contributed by atoms with E-state index in [9.17, 15) is 9.59 Å². The zero-order chi connectivity index (χ0) is 22.8. The van der Waals surface area contributed by atoms with Crippen LogP contribution in [0.15, 0.2) is 59.9 Å². The molecule has 2 N–H and O–H groups in total. The number of guanidine groups is 1. The van der Waals surface area contributed by atoms with Gasteiger partial charge >= 0.3 is 0 Å². The molecule has 3 aliphatic rings. The van der Waals surface area contributed by atoms with E-state index in [1.807, 2.05) is 29.1 Å². The van der Waals surface area contributed by atoms with Gasteiger partial charge in [-0.3, -0.25) is 24.2 Å². The second-order valence-corrected chi connectivity index (χ2v) is 9.01. The average molecular weight is 574 g/mol. The van der Waals surface area contributed by atoms with E-state index in [0.29, 0.717) is 38.6 Å². The smallest absolute Gasteiger partial charge is 0.233 e. The second kappa shape index (κ2) is 10.7. The van der Waals surface area contributed by atoms with Crippen LogP contribution in [-0.2, 0) is 22.7 Å². The van der Waals surface area contributed by atoms with E-state index in [4.69, 9.17) is 0 Å². The van der Waals surface area contributed by atoms with E-state index in [1.165, 1.54) is 16.0 Å². The highest BCUT2D eigenvalue weighted by atomic mass is 127. The summed E-state index contributed by atoms with van der Waals surface area (Å²) in [7, 11) is 1.74. The normalized spacial score (nSPS) is 25.0. The monoisotopic (exact) mass is 574 g/mol. The van der Waals surface area contributed by atoms with E-state index in [2.05, 4.69) is 45.0 Å². The van der Waals surface area contributed by atoms with Crippen LogP contribution in [0.25, 0.3) is 0 Å². The summed E-state index contributed by atoms with van der Waals surface area (Å²) in [6.45, 7) is 2.44. The lowest BCUT2D eigenvalue weighted by atomic mass is 9.85. The molecule has 1 aromatic heterocycles. The summed E-state index contributed by atoms with van der Waals surface area (Å²) in [4.78, 5) is 31.4. The lowest BCUT2D eigenvalue weighted by Gasteiger charge is -2.18. The molecule has 8 nitrogen and oxygen atoms in total. The first-order chi connectivity index (χ1) is 16.2. The molecule has 2 bridgehead atoms. The van der Waals surface area contributed by atoms with Crippen molar-refractivity contribution in [3.63, 3.8) is 0 Å². The van der Waals surface area contributed by atoms with Crippen molar-refractivity contribution >= 4 is 41.8 Å². The lowest BCUT2D eigenvalue weighted by molar-refractivity contribution is -0.140. The Balaban J connectivity index is 0.00000274. The Morgan fingerprint density at radius 1 is 1.06 bits per heavy atom. The van der Waals surface area contributed by atoms with Gasteiger partial charge in [0.1, 0.15) is 0 Å². The van der Waals surface area contributed by atoms with Crippen molar-refractivity contribution in [2.45, 2.75) is 25.9 Å². The maximum absolute atomic E-state index is 12.8. The molecular weight excluding hydrogens is 543 g/mol. The lowest BCUT2D eigenvalue weighted by Crippen LogP contribution is -2.39. The highest BCUT2D eigenvalue weighted by molar-refractivity contribution is 14.0. The number of allylic oxidation sites excluding steroid dienone is 2. The van der Waals surface area contributed by atoms with E-state index >= 15 is 0 Å². The van der Waals surface area contributed by atoms with Gasteiger partial charge in [-0.05, 0) is 41.9 Å². The molecule has 180 valence electrons. The van der Waals surface area contributed by atoms with E-state index in [1.54, 1.807) is 13.2 Å². The number of amides is 2. The van der Waals surface area contributed by atoms with Gasteiger partial charge in [-0.2, -0.15) is 5.10 Å². The number of aliphatic imine (C=N–C) groups is 1. The number of imide groups is 1. The molecule has 34 heavy (non-hydrogen) atoms. The highest BCUT2D eigenvalue weighted by Crippen LogP contribution is 2.52. The molecule has 2 aromatic rings. The molecule has 1 aromatic carbocycles. The Labute approximate surface area is 216 Å². The molecule has 9 heteroatoms. The fraction of sp³-hybridized carbons (Fsp3) is 0.440. The number of benzene rings is 1. The predicted molar refractivity (Wildman–Crippen MR) is 140 cm³/mol. The van der Waals surface area contributed by atoms with Crippen molar-refractivity contribution in [1.82, 2.24) is 25.3 Å². The van der Waals surface area contributed by atoms with E-state index in [0.717, 1.165) is 6.42 Å². The fourth-order valence-corrected chi connectivity index (χ4v) is 5.48. The molecular formula is C25H31IN6O2. The molecule has 2 heterocycles. The number of hydrogen-bond donors (Lipinski definition) is 2. The minimum Gasteiger partial charge on any atom is -0.356 e. The third kappa shape index (κ3) is 4.75. The Morgan fingerprint density at radius 3 is 2.41 bits per heavy atom. The van der Waals surface area contributed by atoms with Gasteiger partial charge in [0, 0.05) is 39.1 Å². The SMILES string of the molecule is CN=C(NCCCN1C(=O)C2C3C=CC(C3)C2C1=O)NCc1ccccc1Cn1cccn1.I. The molecule has 4 atom stereocenters. The van der Waals surface area contributed by atoms with Crippen LogP contribution in [0.4, 0.5) is 0 Å². The summed E-state index contributed by atoms with van der Waals surface area (Å²) in [5.74, 6) is 1.05. The Hall–Kier alpha value is -2.69. The van der Waals surface area contributed by atoms with Crippen molar-refractivity contribution < 1.29 is 9.59 Å². The number of carbonyl (C=O) groups excluding carboxylic acids is 2. The topological polar surface area (TPSA) is 91.6 Å².